The summed E-state index contributed by atoms with van der Waals surface area (Å²) in [5, 5.41) is 0.298. The summed E-state index contributed by atoms with van der Waals surface area (Å²) < 4.78 is 26.7. The van der Waals surface area contributed by atoms with Crippen LogP contribution in [0.3, 0.4) is 0 Å². The SMILES string of the molecule is CC1(C)CCN(S(=O)(=O)c2ccc(Cl)nc2)CCS1. The summed E-state index contributed by atoms with van der Waals surface area (Å²) in [6.07, 6.45) is 2.17. The Morgan fingerprint density at radius 1 is 1.37 bits per heavy atom. The number of pyridine rings is 1. The van der Waals surface area contributed by atoms with Crippen molar-refractivity contribution < 1.29 is 8.42 Å². The van der Waals surface area contributed by atoms with Gasteiger partial charge in [-0.15, -0.1) is 0 Å². The highest BCUT2D eigenvalue weighted by atomic mass is 35.5. The molecule has 2 rings (SSSR count). The van der Waals surface area contributed by atoms with E-state index in [1.54, 1.807) is 4.31 Å². The second-order valence-electron chi connectivity index (χ2n) is 5.08. The molecule has 2 heterocycles. The summed E-state index contributed by atoms with van der Waals surface area (Å²) in [5.41, 5.74) is 0. The van der Waals surface area contributed by atoms with Gasteiger partial charge >= 0.3 is 0 Å². The molecule has 1 aliphatic heterocycles. The quantitative estimate of drug-likeness (QED) is 0.786. The van der Waals surface area contributed by atoms with Crippen molar-refractivity contribution in [3.63, 3.8) is 0 Å². The van der Waals surface area contributed by atoms with Crippen LogP contribution in [0.15, 0.2) is 23.2 Å². The van der Waals surface area contributed by atoms with Crippen molar-refractivity contribution in [2.45, 2.75) is 29.9 Å². The first-order valence-electron chi connectivity index (χ1n) is 6.07. The molecule has 19 heavy (non-hydrogen) atoms. The van der Waals surface area contributed by atoms with Gasteiger partial charge in [-0.05, 0) is 18.6 Å². The molecule has 4 nitrogen and oxygen atoms in total. The highest BCUT2D eigenvalue weighted by Crippen LogP contribution is 2.32. The summed E-state index contributed by atoms with van der Waals surface area (Å²) in [6.45, 7) is 5.39. The smallest absolute Gasteiger partial charge is 0.243 e. The third kappa shape index (κ3) is 3.62. The average Bonchev–Trinajstić information content (AvgIpc) is 2.51. The Bertz CT molecular complexity index is 543. The van der Waals surface area contributed by atoms with E-state index >= 15 is 0 Å². The second kappa shape index (κ2) is 5.60. The Kier molecular flexibility index (Phi) is 4.45. The van der Waals surface area contributed by atoms with E-state index in [2.05, 4.69) is 18.8 Å². The van der Waals surface area contributed by atoms with Crippen LogP contribution in [0.5, 0.6) is 0 Å². The highest BCUT2D eigenvalue weighted by Gasteiger charge is 2.30. The van der Waals surface area contributed by atoms with Gasteiger partial charge in [0, 0.05) is 29.8 Å². The molecular weight excluding hydrogens is 304 g/mol. The number of hydrogen-bond donors (Lipinski definition) is 0. The topological polar surface area (TPSA) is 50.3 Å². The molecule has 1 aliphatic rings. The molecule has 0 amide bonds. The third-order valence-corrected chi connectivity index (χ3v) is 6.61. The number of nitrogens with zero attached hydrogens (tertiary/aromatic N) is 2. The molecule has 1 saturated heterocycles. The van der Waals surface area contributed by atoms with Crippen LogP contribution >= 0.6 is 23.4 Å². The van der Waals surface area contributed by atoms with Crippen molar-refractivity contribution in [1.82, 2.24) is 9.29 Å². The van der Waals surface area contributed by atoms with Crippen LogP contribution in [0.4, 0.5) is 0 Å². The van der Waals surface area contributed by atoms with Crippen LogP contribution < -0.4 is 0 Å². The van der Waals surface area contributed by atoms with E-state index in [1.807, 2.05) is 11.8 Å². The van der Waals surface area contributed by atoms with Crippen molar-refractivity contribution in [3.8, 4) is 0 Å². The number of sulfonamides is 1. The van der Waals surface area contributed by atoms with E-state index in [4.69, 9.17) is 11.6 Å². The zero-order chi connectivity index (χ0) is 14.1. The molecule has 0 radical (unpaired) electrons. The van der Waals surface area contributed by atoms with Crippen LogP contribution in [0.1, 0.15) is 20.3 Å². The molecule has 1 aromatic heterocycles. The number of hydrogen-bond acceptors (Lipinski definition) is 4. The molecule has 0 spiro atoms. The monoisotopic (exact) mass is 320 g/mol. The van der Waals surface area contributed by atoms with Gasteiger partial charge in [-0.3, -0.25) is 0 Å². The number of thioether (sulfide) groups is 1. The van der Waals surface area contributed by atoms with E-state index < -0.39 is 10.0 Å². The molecule has 0 aliphatic carbocycles. The lowest BCUT2D eigenvalue weighted by Crippen LogP contribution is -2.33. The zero-order valence-corrected chi connectivity index (χ0v) is 13.4. The molecule has 1 aromatic rings. The van der Waals surface area contributed by atoms with Crippen molar-refractivity contribution in [2.75, 3.05) is 18.8 Å². The Morgan fingerprint density at radius 3 is 2.74 bits per heavy atom. The maximum atomic E-state index is 12.5. The van der Waals surface area contributed by atoms with E-state index in [0.717, 1.165) is 12.2 Å². The molecule has 0 saturated carbocycles. The van der Waals surface area contributed by atoms with Crippen molar-refractivity contribution >= 4 is 33.4 Å². The first-order chi connectivity index (χ1) is 8.81. The molecule has 106 valence electrons. The van der Waals surface area contributed by atoms with Gasteiger partial charge in [0.25, 0.3) is 0 Å². The van der Waals surface area contributed by atoms with Gasteiger partial charge in [-0.25, -0.2) is 13.4 Å². The molecule has 0 aromatic carbocycles. The Balaban J connectivity index is 2.22. The molecule has 0 unspecified atom stereocenters. The molecular formula is C12H17ClN2O2S2. The van der Waals surface area contributed by atoms with Crippen LogP contribution in [0.2, 0.25) is 5.15 Å². The minimum absolute atomic E-state index is 0.127. The molecule has 0 atom stereocenters. The first-order valence-corrected chi connectivity index (χ1v) is 8.87. The summed E-state index contributed by atoms with van der Waals surface area (Å²) in [4.78, 5) is 4.06. The van der Waals surface area contributed by atoms with Crippen LogP contribution in [0, 0.1) is 0 Å². The Labute approximate surface area is 123 Å². The van der Waals surface area contributed by atoms with E-state index in [9.17, 15) is 8.42 Å². The van der Waals surface area contributed by atoms with Gasteiger partial charge in [0.2, 0.25) is 10.0 Å². The lowest BCUT2D eigenvalue weighted by atomic mass is 10.1. The maximum absolute atomic E-state index is 12.5. The summed E-state index contributed by atoms with van der Waals surface area (Å²) in [7, 11) is -3.45. The minimum atomic E-state index is -3.45. The lowest BCUT2D eigenvalue weighted by molar-refractivity contribution is 0.415. The van der Waals surface area contributed by atoms with Gasteiger partial charge in [0.05, 0.1) is 0 Å². The van der Waals surface area contributed by atoms with Gasteiger partial charge in [-0.1, -0.05) is 25.4 Å². The van der Waals surface area contributed by atoms with Crippen LogP contribution in [-0.2, 0) is 10.0 Å². The lowest BCUT2D eigenvalue weighted by Gasteiger charge is -2.22. The number of halogens is 1. The fraction of sp³-hybridized carbons (Fsp3) is 0.583. The highest BCUT2D eigenvalue weighted by molar-refractivity contribution is 8.00. The standard InChI is InChI=1S/C12H17ClN2O2S2/c1-12(2)5-6-15(7-8-18-12)19(16,17)10-3-4-11(13)14-9-10/h3-4,9H,5-8H2,1-2H3. The van der Waals surface area contributed by atoms with Crippen molar-refractivity contribution in [1.29, 1.82) is 0 Å². The number of aromatic nitrogens is 1. The minimum Gasteiger partial charge on any atom is -0.243 e. The Hall–Kier alpha value is -0.300. The van der Waals surface area contributed by atoms with Crippen LogP contribution in [0.25, 0.3) is 0 Å². The molecule has 0 bridgehead atoms. The van der Waals surface area contributed by atoms with Gasteiger partial charge < -0.3 is 0 Å². The second-order valence-corrected chi connectivity index (χ2v) is 9.21. The van der Waals surface area contributed by atoms with Gasteiger partial charge in [0.1, 0.15) is 10.0 Å². The fourth-order valence-corrected chi connectivity index (χ4v) is 4.62. The third-order valence-electron chi connectivity index (χ3n) is 3.13. The summed E-state index contributed by atoms with van der Waals surface area (Å²) >= 11 is 7.50. The zero-order valence-electron chi connectivity index (χ0n) is 11.0. The normalized spacial score (nSPS) is 21.0. The maximum Gasteiger partial charge on any atom is 0.244 e. The molecule has 7 heteroatoms. The fourth-order valence-electron chi connectivity index (χ4n) is 1.91. The summed E-state index contributed by atoms with van der Waals surface area (Å²) in [5.74, 6) is 0.813. The summed E-state index contributed by atoms with van der Waals surface area (Å²) in [6, 6.07) is 3.01. The van der Waals surface area contributed by atoms with Crippen molar-refractivity contribution in [3.05, 3.63) is 23.5 Å². The average molecular weight is 321 g/mol. The van der Waals surface area contributed by atoms with Gasteiger partial charge in [0.15, 0.2) is 0 Å². The van der Waals surface area contributed by atoms with Crippen molar-refractivity contribution in [2.24, 2.45) is 0 Å². The largest absolute Gasteiger partial charge is 0.244 e. The first kappa shape index (κ1) is 15.1. The van der Waals surface area contributed by atoms with E-state index in [-0.39, 0.29) is 9.64 Å². The van der Waals surface area contributed by atoms with Gasteiger partial charge in [-0.2, -0.15) is 16.1 Å². The number of rotatable bonds is 2. The Morgan fingerprint density at radius 2 is 2.11 bits per heavy atom. The molecule has 1 fully saturated rings. The van der Waals surface area contributed by atoms with E-state index in [0.29, 0.717) is 18.2 Å². The molecule has 0 N–H and O–H groups in total. The predicted molar refractivity (Wildman–Crippen MR) is 79.2 cm³/mol. The van der Waals surface area contributed by atoms with Crippen LogP contribution in [-0.4, -0.2) is 41.3 Å². The predicted octanol–water partition coefficient (Wildman–Crippen LogP) is 2.64. The van der Waals surface area contributed by atoms with E-state index in [1.165, 1.54) is 18.3 Å².